The molecular formula is C17H24N2O4. The summed E-state index contributed by atoms with van der Waals surface area (Å²) in [6, 6.07) is 2.03. The summed E-state index contributed by atoms with van der Waals surface area (Å²) in [5, 5.41) is 2.96. The van der Waals surface area contributed by atoms with Gasteiger partial charge in [0.05, 0.1) is 17.9 Å². The Morgan fingerprint density at radius 3 is 2.78 bits per heavy atom. The Kier molecular flexibility index (Phi) is 5.00. The van der Waals surface area contributed by atoms with Crippen LogP contribution >= 0.6 is 0 Å². The van der Waals surface area contributed by atoms with Crippen molar-refractivity contribution in [3.8, 4) is 0 Å². The minimum atomic E-state index is -0.0917. The molecule has 6 nitrogen and oxygen atoms in total. The van der Waals surface area contributed by atoms with Gasteiger partial charge in [0.2, 0.25) is 5.91 Å². The predicted molar refractivity (Wildman–Crippen MR) is 84.1 cm³/mol. The van der Waals surface area contributed by atoms with Gasteiger partial charge in [0.15, 0.2) is 0 Å². The maximum absolute atomic E-state index is 12.7. The number of hydrogen-bond acceptors (Lipinski definition) is 4. The minimum Gasteiger partial charge on any atom is -0.469 e. The molecule has 6 heteroatoms. The second kappa shape index (κ2) is 7.17. The Hall–Kier alpha value is -1.82. The summed E-state index contributed by atoms with van der Waals surface area (Å²) in [4.78, 5) is 26.4. The maximum Gasteiger partial charge on any atom is 0.257 e. The van der Waals surface area contributed by atoms with Gasteiger partial charge < -0.3 is 19.4 Å². The molecule has 3 rings (SSSR count). The van der Waals surface area contributed by atoms with E-state index < -0.39 is 0 Å². The van der Waals surface area contributed by atoms with Crippen LogP contribution in [0.3, 0.4) is 0 Å². The van der Waals surface area contributed by atoms with Crippen molar-refractivity contribution in [2.24, 2.45) is 0 Å². The fraction of sp³-hybridized carbons (Fsp3) is 0.647. The van der Waals surface area contributed by atoms with Gasteiger partial charge >= 0.3 is 0 Å². The van der Waals surface area contributed by atoms with Gasteiger partial charge in [-0.1, -0.05) is 0 Å². The SMILES string of the molecule is Cc1occc1C(=O)N(CCC(=O)NC1CC1)CC1CCCO1. The molecule has 126 valence electrons. The lowest BCUT2D eigenvalue weighted by Gasteiger charge is -2.25. The first-order valence-electron chi connectivity index (χ1n) is 8.38. The van der Waals surface area contributed by atoms with Crippen LogP contribution in [0, 0.1) is 6.92 Å². The predicted octanol–water partition coefficient (Wildman–Crippen LogP) is 1.88. The van der Waals surface area contributed by atoms with Gasteiger partial charge in [-0.3, -0.25) is 9.59 Å². The molecule has 2 aliphatic rings. The van der Waals surface area contributed by atoms with Crippen LogP contribution in [0.15, 0.2) is 16.7 Å². The quantitative estimate of drug-likeness (QED) is 0.832. The summed E-state index contributed by atoms with van der Waals surface area (Å²) in [6.07, 6.45) is 6.04. The van der Waals surface area contributed by atoms with Crippen molar-refractivity contribution in [3.63, 3.8) is 0 Å². The molecule has 1 aliphatic carbocycles. The third kappa shape index (κ3) is 4.34. The lowest BCUT2D eigenvalue weighted by Crippen LogP contribution is -2.40. The highest BCUT2D eigenvalue weighted by Crippen LogP contribution is 2.19. The summed E-state index contributed by atoms with van der Waals surface area (Å²) < 4.78 is 10.9. The van der Waals surface area contributed by atoms with Gasteiger partial charge in [-0.05, 0) is 38.7 Å². The lowest BCUT2D eigenvalue weighted by atomic mass is 10.1. The number of furan rings is 1. The molecule has 2 amide bonds. The summed E-state index contributed by atoms with van der Waals surface area (Å²) >= 11 is 0. The zero-order chi connectivity index (χ0) is 16.2. The standard InChI is InChI=1S/C17H24N2O4/c1-12-15(7-10-22-12)17(21)19(11-14-3-2-9-23-14)8-6-16(20)18-13-4-5-13/h7,10,13-14H,2-6,8-9,11H2,1H3,(H,18,20). The molecule has 0 radical (unpaired) electrons. The average molecular weight is 320 g/mol. The molecule has 1 unspecified atom stereocenters. The molecular weight excluding hydrogens is 296 g/mol. The smallest absolute Gasteiger partial charge is 0.257 e. The summed E-state index contributed by atoms with van der Waals surface area (Å²) in [5.74, 6) is 0.530. The molecule has 2 heterocycles. The Balaban J connectivity index is 1.61. The molecule has 23 heavy (non-hydrogen) atoms. The molecule has 1 saturated carbocycles. The number of ether oxygens (including phenoxy) is 1. The Morgan fingerprint density at radius 1 is 1.35 bits per heavy atom. The van der Waals surface area contributed by atoms with Crippen molar-refractivity contribution in [1.29, 1.82) is 0 Å². The monoisotopic (exact) mass is 320 g/mol. The van der Waals surface area contributed by atoms with E-state index in [2.05, 4.69) is 5.32 Å². The van der Waals surface area contributed by atoms with Crippen molar-refractivity contribution >= 4 is 11.8 Å². The van der Waals surface area contributed by atoms with Crippen LogP contribution in [-0.2, 0) is 9.53 Å². The van der Waals surface area contributed by atoms with Crippen LogP contribution in [0.2, 0.25) is 0 Å². The van der Waals surface area contributed by atoms with Gasteiger partial charge in [-0.2, -0.15) is 0 Å². The van der Waals surface area contributed by atoms with E-state index in [1.165, 1.54) is 6.26 Å². The highest BCUT2D eigenvalue weighted by Gasteiger charge is 2.27. The molecule has 1 aromatic heterocycles. The number of amides is 2. The number of carbonyl (C=O) groups is 2. The zero-order valence-corrected chi connectivity index (χ0v) is 13.5. The van der Waals surface area contributed by atoms with E-state index in [0.29, 0.717) is 36.9 Å². The van der Waals surface area contributed by atoms with Crippen molar-refractivity contribution in [2.45, 2.75) is 51.2 Å². The third-order valence-electron chi connectivity index (χ3n) is 4.38. The van der Waals surface area contributed by atoms with E-state index >= 15 is 0 Å². The third-order valence-corrected chi connectivity index (χ3v) is 4.38. The van der Waals surface area contributed by atoms with E-state index in [4.69, 9.17) is 9.15 Å². The van der Waals surface area contributed by atoms with E-state index in [-0.39, 0.29) is 17.9 Å². The van der Waals surface area contributed by atoms with E-state index in [9.17, 15) is 9.59 Å². The lowest BCUT2D eigenvalue weighted by molar-refractivity contribution is -0.121. The first kappa shape index (κ1) is 16.1. The van der Waals surface area contributed by atoms with Crippen LogP contribution in [0.4, 0.5) is 0 Å². The second-order valence-corrected chi connectivity index (χ2v) is 6.37. The average Bonchev–Trinajstić information content (AvgIpc) is 3.00. The fourth-order valence-electron chi connectivity index (χ4n) is 2.85. The number of aryl methyl sites for hydroxylation is 1. The van der Waals surface area contributed by atoms with Crippen molar-refractivity contribution in [2.75, 3.05) is 19.7 Å². The number of nitrogens with one attached hydrogen (secondary N) is 1. The first-order chi connectivity index (χ1) is 11.1. The van der Waals surface area contributed by atoms with Gasteiger partial charge in [0.1, 0.15) is 5.76 Å². The Labute approximate surface area is 136 Å². The molecule has 1 aliphatic heterocycles. The van der Waals surface area contributed by atoms with E-state index in [0.717, 1.165) is 32.3 Å². The van der Waals surface area contributed by atoms with Crippen molar-refractivity contribution in [3.05, 3.63) is 23.7 Å². The van der Waals surface area contributed by atoms with E-state index in [1.807, 2.05) is 0 Å². The Bertz CT molecular complexity index is 559. The maximum atomic E-state index is 12.7. The summed E-state index contributed by atoms with van der Waals surface area (Å²) in [7, 11) is 0. The van der Waals surface area contributed by atoms with Crippen LogP contribution in [0.25, 0.3) is 0 Å². The Morgan fingerprint density at radius 2 is 2.17 bits per heavy atom. The van der Waals surface area contributed by atoms with Crippen LogP contribution in [-0.4, -0.2) is 48.6 Å². The van der Waals surface area contributed by atoms with Crippen molar-refractivity contribution < 1.29 is 18.7 Å². The topological polar surface area (TPSA) is 71.8 Å². The highest BCUT2D eigenvalue weighted by atomic mass is 16.5. The second-order valence-electron chi connectivity index (χ2n) is 6.37. The van der Waals surface area contributed by atoms with Gasteiger partial charge in [0, 0.05) is 32.2 Å². The van der Waals surface area contributed by atoms with E-state index in [1.54, 1.807) is 17.9 Å². The molecule has 1 saturated heterocycles. The van der Waals surface area contributed by atoms with Crippen molar-refractivity contribution in [1.82, 2.24) is 10.2 Å². The molecule has 1 N–H and O–H groups in total. The van der Waals surface area contributed by atoms with Crippen LogP contribution in [0.1, 0.15) is 48.2 Å². The number of carbonyl (C=O) groups excluding carboxylic acids is 2. The van der Waals surface area contributed by atoms with Gasteiger partial charge in [-0.15, -0.1) is 0 Å². The molecule has 0 bridgehead atoms. The highest BCUT2D eigenvalue weighted by molar-refractivity contribution is 5.95. The summed E-state index contributed by atoms with van der Waals surface area (Å²) in [5.41, 5.74) is 0.561. The van der Waals surface area contributed by atoms with Crippen LogP contribution in [0.5, 0.6) is 0 Å². The largest absolute Gasteiger partial charge is 0.469 e. The van der Waals surface area contributed by atoms with Gasteiger partial charge in [-0.25, -0.2) is 0 Å². The van der Waals surface area contributed by atoms with Gasteiger partial charge in [0.25, 0.3) is 5.91 Å². The minimum absolute atomic E-state index is 0.0153. The molecule has 1 aromatic rings. The van der Waals surface area contributed by atoms with Crippen LogP contribution < -0.4 is 5.32 Å². The molecule has 2 fully saturated rings. The normalized spacial score (nSPS) is 20.5. The summed E-state index contributed by atoms with van der Waals surface area (Å²) in [6.45, 7) is 3.46. The first-order valence-corrected chi connectivity index (χ1v) is 8.38. The number of rotatable bonds is 7. The number of hydrogen-bond donors (Lipinski definition) is 1. The molecule has 0 spiro atoms. The number of nitrogens with zero attached hydrogens (tertiary/aromatic N) is 1. The zero-order valence-electron chi connectivity index (χ0n) is 13.5. The molecule has 0 aromatic carbocycles. The molecule has 1 atom stereocenters. The fourth-order valence-corrected chi connectivity index (χ4v) is 2.85.